The number of nitriles is 1. The number of halogens is 3. The Balaban J connectivity index is 1.43. The van der Waals surface area contributed by atoms with E-state index in [1.165, 1.54) is 10.6 Å². The number of benzene rings is 1. The largest absolute Gasteiger partial charge is 0.369 e. The first kappa shape index (κ1) is 23.6. The number of anilines is 2. The van der Waals surface area contributed by atoms with Gasteiger partial charge in [-0.2, -0.15) is 5.26 Å². The molecule has 5 rings (SSSR count). The van der Waals surface area contributed by atoms with E-state index >= 15 is 0 Å². The number of rotatable bonds is 5. The molecular formula is C26H26ClF2N5O. The number of hydrogen-bond donors (Lipinski definition) is 0. The van der Waals surface area contributed by atoms with Crippen molar-refractivity contribution in [3.63, 3.8) is 0 Å². The van der Waals surface area contributed by atoms with Crippen LogP contribution in [0.1, 0.15) is 44.1 Å². The number of fused-ring (bicyclic) bond motifs is 1. The lowest BCUT2D eigenvalue weighted by molar-refractivity contribution is 0.364. The van der Waals surface area contributed by atoms with Gasteiger partial charge in [0.25, 0.3) is 5.56 Å². The molecule has 0 atom stereocenters. The number of aromatic nitrogens is 2. The van der Waals surface area contributed by atoms with Crippen LogP contribution in [0.25, 0.3) is 11.0 Å². The molecule has 0 amide bonds. The second kappa shape index (κ2) is 9.12. The van der Waals surface area contributed by atoms with Gasteiger partial charge in [0, 0.05) is 38.3 Å². The molecule has 2 saturated carbocycles. The summed E-state index contributed by atoms with van der Waals surface area (Å²) in [5, 5.41) is 10.1. The predicted octanol–water partition coefficient (Wildman–Crippen LogP) is 5.15. The molecule has 1 aromatic carbocycles. The van der Waals surface area contributed by atoms with Crippen LogP contribution >= 0.6 is 11.6 Å². The number of hydrogen-bond acceptors (Lipinski definition) is 5. The first-order valence-electron chi connectivity index (χ1n) is 11.9. The molecule has 0 bridgehead atoms. The van der Waals surface area contributed by atoms with Gasteiger partial charge in [-0.3, -0.25) is 4.79 Å². The van der Waals surface area contributed by atoms with E-state index in [-0.39, 0.29) is 29.2 Å². The summed E-state index contributed by atoms with van der Waals surface area (Å²) in [5.74, 6) is -1.10. The lowest BCUT2D eigenvalue weighted by atomic mass is 9.88. The molecule has 2 heterocycles. The van der Waals surface area contributed by atoms with Crippen molar-refractivity contribution in [1.82, 2.24) is 9.55 Å². The van der Waals surface area contributed by atoms with Crippen molar-refractivity contribution >= 4 is 34.0 Å². The first-order chi connectivity index (χ1) is 16.8. The zero-order valence-electron chi connectivity index (χ0n) is 19.6. The van der Waals surface area contributed by atoms with Crippen molar-refractivity contribution < 1.29 is 8.78 Å². The van der Waals surface area contributed by atoms with Crippen LogP contribution in [-0.4, -0.2) is 34.7 Å². The molecule has 6 nitrogen and oxygen atoms in total. The summed E-state index contributed by atoms with van der Waals surface area (Å²) in [6.07, 6.45) is 5.26. The van der Waals surface area contributed by atoms with Crippen LogP contribution in [0.4, 0.5) is 20.2 Å². The highest BCUT2D eigenvalue weighted by Crippen LogP contribution is 2.40. The fourth-order valence-electron chi connectivity index (χ4n) is 5.46. The summed E-state index contributed by atoms with van der Waals surface area (Å²) in [7, 11) is 3.51. The standard InChI is InChI=1S/C26H26ClF2N5O/c1-32(25-19(14-30)26(35)33(2)22-11-12-23(27)31-24(22)25)16-4-6-17(7-5-16)34(18-8-9-18)21-10-3-15(28)13-20(21)29/h3,10-13,16-18H,4-9H2,1-2H3/t16-,17+. The van der Waals surface area contributed by atoms with E-state index in [1.54, 1.807) is 25.2 Å². The maximum absolute atomic E-state index is 14.6. The Bertz CT molecular complexity index is 1390. The fourth-order valence-corrected chi connectivity index (χ4v) is 5.60. The number of pyridine rings is 2. The lowest BCUT2D eigenvalue weighted by Gasteiger charge is -2.42. The smallest absolute Gasteiger partial charge is 0.270 e. The SMILES string of the molecule is Cn1c(=O)c(C#N)c(N(C)[C@H]2CC[C@@H](N(c3ccc(F)cc3F)C3CC3)CC2)c2nc(Cl)ccc21. The van der Waals surface area contributed by atoms with Gasteiger partial charge < -0.3 is 14.4 Å². The highest BCUT2D eigenvalue weighted by molar-refractivity contribution is 6.29. The monoisotopic (exact) mass is 497 g/mol. The molecule has 9 heteroatoms. The normalized spacial score (nSPS) is 20.0. The Morgan fingerprint density at radius 3 is 2.29 bits per heavy atom. The molecule has 2 fully saturated rings. The van der Waals surface area contributed by atoms with Gasteiger partial charge in [0.1, 0.15) is 33.9 Å². The van der Waals surface area contributed by atoms with Crippen molar-refractivity contribution in [2.45, 2.75) is 56.7 Å². The molecule has 2 aromatic heterocycles. The fraction of sp³-hybridized carbons (Fsp3) is 0.423. The van der Waals surface area contributed by atoms with Crippen LogP contribution < -0.4 is 15.4 Å². The van der Waals surface area contributed by atoms with Crippen LogP contribution in [0.5, 0.6) is 0 Å². The molecule has 0 N–H and O–H groups in total. The maximum atomic E-state index is 14.6. The quantitative estimate of drug-likeness (QED) is 0.456. The molecule has 2 aliphatic rings. The molecule has 3 aromatic rings. The predicted molar refractivity (Wildman–Crippen MR) is 133 cm³/mol. The van der Waals surface area contributed by atoms with E-state index in [0.717, 1.165) is 44.6 Å². The second-order valence-electron chi connectivity index (χ2n) is 9.51. The van der Waals surface area contributed by atoms with Crippen molar-refractivity contribution in [2.75, 3.05) is 16.8 Å². The summed E-state index contributed by atoms with van der Waals surface area (Å²) in [5.41, 5.74) is 1.78. The molecule has 0 unspecified atom stereocenters. The molecular weight excluding hydrogens is 472 g/mol. The topological polar surface area (TPSA) is 65.2 Å². The zero-order valence-corrected chi connectivity index (χ0v) is 20.4. The zero-order chi connectivity index (χ0) is 24.9. The van der Waals surface area contributed by atoms with Crippen LogP contribution in [0.3, 0.4) is 0 Å². The van der Waals surface area contributed by atoms with Crippen LogP contribution in [0.15, 0.2) is 35.1 Å². The summed E-state index contributed by atoms with van der Waals surface area (Å²) in [6.45, 7) is 0. The maximum Gasteiger partial charge on any atom is 0.270 e. The third-order valence-corrected chi connectivity index (χ3v) is 7.59. The average molecular weight is 498 g/mol. The van der Waals surface area contributed by atoms with E-state index in [9.17, 15) is 18.8 Å². The van der Waals surface area contributed by atoms with Crippen molar-refractivity contribution in [3.8, 4) is 6.07 Å². The summed E-state index contributed by atoms with van der Waals surface area (Å²) < 4.78 is 29.6. The Labute approximate surface area is 207 Å². The van der Waals surface area contributed by atoms with E-state index in [0.29, 0.717) is 27.6 Å². The third kappa shape index (κ3) is 4.23. The molecule has 2 aliphatic carbocycles. The van der Waals surface area contributed by atoms with Crippen molar-refractivity contribution in [2.24, 2.45) is 7.05 Å². The molecule has 0 spiro atoms. The Hall–Kier alpha value is -3.18. The van der Waals surface area contributed by atoms with Gasteiger partial charge in [-0.05, 0) is 62.8 Å². The Morgan fingerprint density at radius 1 is 1.06 bits per heavy atom. The number of nitrogens with zero attached hydrogens (tertiary/aromatic N) is 5. The van der Waals surface area contributed by atoms with E-state index in [2.05, 4.69) is 16.0 Å². The molecule has 0 saturated heterocycles. The molecule has 0 aliphatic heterocycles. The minimum atomic E-state index is -0.574. The average Bonchev–Trinajstić information content (AvgIpc) is 3.68. The van der Waals surface area contributed by atoms with E-state index in [4.69, 9.17) is 11.6 Å². The highest BCUT2D eigenvalue weighted by Gasteiger charge is 2.38. The van der Waals surface area contributed by atoms with Gasteiger partial charge in [0.2, 0.25) is 0 Å². The van der Waals surface area contributed by atoms with Crippen LogP contribution in [-0.2, 0) is 7.05 Å². The lowest BCUT2D eigenvalue weighted by Crippen LogP contribution is -2.45. The molecule has 182 valence electrons. The molecule has 0 radical (unpaired) electrons. The second-order valence-corrected chi connectivity index (χ2v) is 9.90. The number of aryl methyl sites for hydroxylation is 1. The Morgan fingerprint density at radius 2 is 1.69 bits per heavy atom. The van der Waals surface area contributed by atoms with Crippen LogP contribution in [0, 0.1) is 23.0 Å². The van der Waals surface area contributed by atoms with E-state index < -0.39 is 11.6 Å². The van der Waals surface area contributed by atoms with Gasteiger partial charge >= 0.3 is 0 Å². The molecule has 35 heavy (non-hydrogen) atoms. The first-order valence-corrected chi connectivity index (χ1v) is 12.2. The van der Waals surface area contributed by atoms with Gasteiger partial charge in [-0.15, -0.1) is 0 Å². The minimum absolute atomic E-state index is 0.0485. The summed E-state index contributed by atoms with van der Waals surface area (Å²) in [4.78, 5) is 21.5. The minimum Gasteiger partial charge on any atom is -0.369 e. The van der Waals surface area contributed by atoms with Gasteiger partial charge in [-0.1, -0.05) is 11.6 Å². The van der Waals surface area contributed by atoms with Gasteiger partial charge in [-0.25, -0.2) is 13.8 Å². The van der Waals surface area contributed by atoms with Gasteiger partial charge in [0.05, 0.1) is 16.9 Å². The highest BCUT2D eigenvalue weighted by atomic mass is 35.5. The van der Waals surface area contributed by atoms with Crippen molar-refractivity contribution in [1.29, 1.82) is 5.26 Å². The summed E-state index contributed by atoms with van der Waals surface area (Å²) in [6, 6.07) is 9.77. The van der Waals surface area contributed by atoms with Crippen molar-refractivity contribution in [3.05, 3.63) is 63.0 Å². The van der Waals surface area contributed by atoms with E-state index in [1.807, 2.05) is 11.9 Å². The Kier molecular flexibility index (Phi) is 6.14. The third-order valence-electron chi connectivity index (χ3n) is 7.38. The van der Waals surface area contributed by atoms with Crippen LogP contribution in [0.2, 0.25) is 5.15 Å². The summed E-state index contributed by atoms with van der Waals surface area (Å²) >= 11 is 6.18. The van der Waals surface area contributed by atoms with Gasteiger partial charge in [0.15, 0.2) is 0 Å².